The second-order valence-electron chi connectivity index (χ2n) is 4.69. The van der Waals surface area contributed by atoms with Crippen LogP contribution in [0.25, 0.3) is 0 Å². The van der Waals surface area contributed by atoms with Crippen LogP contribution in [-0.4, -0.2) is 30.8 Å². The zero-order chi connectivity index (χ0) is 14.3. The fourth-order valence-electron chi connectivity index (χ4n) is 1.57. The van der Waals surface area contributed by atoms with Gasteiger partial charge in [0.1, 0.15) is 0 Å². The topological polar surface area (TPSA) is 58.6 Å². The van der Waals surface area contributed by atoms with Crippen LogP contribution in [0.2, 0.25) is 0 Å². The van der Waals surface area contributed by atoms with Crippen LogP contribution in [0.15, 0.2) is 22.7 Å². The van der Waals surface area contributed by atoms with Crippen LogP contribution in [0.1, 0.15) is 30.6 Å². The van der Waals surface area contributed by atoms with E-state index in [2.05, 4.69) is 35.1 Å². The number of ether oxygens (including phenoxy) is 1. The third-order valence-corrected chi connectivity index (χ3v) is 3.29. The number of carboxylic acid groups (broad SMARTS) is 1. The molecule has 0 saturated carbocycles. The third-order valence-electron chi connectivity index (χ3n) is 2.63. The van der Waals surface area contributed by atoms with Gasteiger partial charge in [-0.3, -0.25) is 0 Å². The van der Waals surface area contributed by atoms with Crippen molar-refractivity contribution in [3.05, 3.63) is 28.2 Å². The second kappa shape index (κ2) is 8.17. The van der Waals surface area contributed by atoms with Crippen LogP contribution in [0, 0.1) is 5.92 Å². The molecule has 0 spiro atoms. The van der Waals surface area contributed by atoms with E-state index in [0.29, 0.717) is 29.2 Å². The Kier molecular flexibility index (Phi) is 6.87. The van der Waals surface area contributed by atoms with E-state index < -0.39 is 5.97 Å². The molecule has 0 unspecified atom stereocenters. The Morgan fingerprint density at radius 2 is 2.16 bits per heavy atom. The Morgan fingerprint density at radius 1 is 1.42 bits per heavy atom. The predicted molar refractivity (Wildman–Crippen MR) is 79.9 cm³/mol. The minimum Gasteiger partial charge on any atom is -0.478 e. The van der Waals surface area contributed by atoms with Crippen molar-refractivity contribution in [2.24, 2.45) is 5.92 Å². The molecule has 0 aromatic heterocycles. The van der Waals surface area contributed by atoms with Crippen LogP contribution in [0.5, 0.6) is 0 Å². The maximum absolute atomic E-state index is 11.2. The summed E-state index contributed by atoms with van der Waals surface area (Å²) in [6, 6.07) is 5.27. The zero-order valence-electron chi connectivity index (χ0n) is 11.3. The van der Waals surface area contributed by atoms with Crippen LogP contribution in [0.3, 0.4) is 0 Å². The predicted octanol–water partition coefficient (Wildman–Crippen LogP) is 3.62. The van der Waals surface area contributed by atoms with Gasteiger partial charge < -0.3 is 15.2 Å². The van der Waals surface area contributed by atoms with Gasteiger partial charge in [-0.25, -0.2) is 4.79 Å². The van der Waals surface area contributed by atoms with Crippen molar-refractivity contribution >= 4 is 27.6 Å². The highest BCUT2D eigenvalue weighted by Crippen LogP contribution is 2.24. The number of hydrogen-bond donors (Lipinski definition) is 2. The molecule has 0 amide bonds. The Labute approximate surface area is 122 Å². The van der Waals surface area contributed by atoms with Crippen molar-refractivity contribution in [2.75, 3.05) is 25.1 Å². The normalized spacial score (nSPS) is 10.7. The molecule has 2 N–H and O–H groups in total. The molecule has 1 aromatic rings. The molecule has 0 aliphatic heterocycles. The molecule has 19 heavy (non-hydrogen) atoms. The molecule has 0 bridgehead atoms. The first kappa shape index (κ1) is 16.0. The summed E-state index contributed by atoms with van der Waals surface area (Å²) in [7, 11) is 0. The van der Waals surface area contributed by atoms with Crippen molar-refractivity contribution in [3.8, 4) is 0 Å². The van der Waals surface area contributed by atoms with Gasteiger partial charge in [-0.05, 0) is 40.4 Å². The molecular formula is C14H20BrNO3. The quantitative estimate of drug-likeness (QED) is 0.715. The Bertz CT molecular complexity index is 421. The number of aromatic carboxylic acids is 1. The summed E-state index contributed by atoms with van der Waals surface area (Å²) in [5, 5.41) is 12.2. The number of rotatable bonds is 8. The highest BCUT2D eigenvalue weighted by atomic mass is 79.9. The summed E-state index contributed by atoms with van der Waals surface area (Å²) in [6.07, 6.45) is 1.04. The van der Waals surface area contributed by atoms with E-state index in [-0.39, 0.29) is 5.56 Å². The molecule has 0 aliphatic carbocycles. The smallest absolute Gasteiger partial charge is 0.338 e. The summed E-state index contributed by atoms with van der Waals surface area (Å²) in [5.41, 5.74) is 0.860. The number of nitrogens with one attached hydrogen (secondary N) is 1. The lowest BCUT2D eigenvalue weighted by molar-refractivity contribution is 0.0696. The first-order chi connectivity index (χ1) is 9.02. The van der Waals surface area contributed by atoms with Crippen molar-refractivity contribution in [1.29, 1.82) is 0 Å². The zero-order valence-corrected chi connectivity index (χ0v) is 12.9. The Morgan fingerprint density at radius 3 is 2.79 bits per heavy atom. The summed E-state index contributed by atoms with van der Waals surface area (Å²) in [4.78, 5) is 11.2. The second-order valence-corrected chi connectivity index (χ2v) is 5.54. The van der Waals surface area contributed by atoms with Crippen LogP contribution in [-0.2, 0) is 4.74 Å². The molecule has 1 rings (SSSR count). The van der Waals surface area contributed by atoms with E-state index >= 15 is 0 Å². The summed E-state index contributed by atoms with van der Waals surface area (Å²) >= 11 is 3.25. The number of halogens is 1. The SMILES string of the molecule is CC(C)CCOCCNc1cccc(Br)c1C(=O)O. The van der Waals surface area contributed by atoms with Crippen molar-refractivity contribution in [3.63, 3.8) is 0 Å². The van der Waals surface area contributed by atoms with E-state index in [1.54, 1.807) is 18.2 Å². The fourth-order valence-corrected chi connectivity index (χ4v) is 2.10. The molecule has 5 heteroatoms. The third kappa shape index (κ3) is 5.61. The number of hydrogen-bond acceptors (Lipinski definition) is 3. The summed E-state index contributed by atoms with van der Waals surface area (Å²) in [5.74, 6) is -0.313. The van der Waals surface area contributed by atoms with Gasteiger partial charge in [-0.15, -0.1) is 0 Å². The highest BCUT2D eigenvalue weighted by Gasteiger charge is 2.13. The van der Waals surface area contributed by atoms with Crippen LogP contribution in [0.4, 0.5) is 5.69 Å². The summed E-state index contributed by atoms with van der Waals surface area (Å²) in [6.45, 7) is 6.21. The molecule has 0 aliphatic rings. The number of benzene rings is 1. The highest BCUT2D eigenvalue weighted by molar-refractivity contribution is 9.10. The average Bonchev–Trinajstić information content (AvgIpc) is 2.32. The van der Waals surface area contributed by atoms with Crippen LogP contribution >= 0.6 is 15.9 Å². The molecule has 0 atom stereocenters. The van der Waals surface area contributed by atoms with E-state index in [4.69, 9.17) is 9.84 Å². The van der Waals surface area contributed by atoms with Gasteiger partial charge in [0.05, 0.1) is 12.2 Å². The first-order valence-corrected chi connectivity index (χ1v) is 7.15. The first-order valence-electron chi connectivity index (χ1n) is 6.35. The number of anilines is 1. The van der Waals surface area contributed by atoms with Crippen molar-refractivity contribution in [2.45, 2.75) is 20.3 Å². The molecular weight excluding hydrogens is 310 g/mol. The minimum absolute atomic E-state index is 0.254. The van der Waals surface area contributed by atoms with Gasteiger partial charge in [0, 0.05) is 23.3 Å². The van der Waals surface area contributed by atoms with Gasteiger partial charge >= 0.3 is 5.97 Å². The molecule has 0 saturated heterocycles. The maximum Gasteiger partial charge on any atom is 0.338 e. The lowest BCUT2D eigenvalue weighted by Crippen LogP contribution is -2.13. The van der Waals surface area contributed by atoms with Crippen molar-refractivity contribution in [1.82, 2.24) is 0 Å². The molecule has 0 heterocycles. The molecule has 106 valence electrons. The van der Waals surface area contributed by atoms with Crippen molar-refractivity contribution < 1.29 is 14.6 Å². The Hall–Kier alpha value is -1.07. The van der Waals surface area contributed by atoms with E-state index in [1.165, 1.54) is 0 Å². The molecule has 4 nitrogen and oxygen atoms in total. The minimum atomic E-state index is -0.948. The van der Waals surface area contributed by atoms with E-state index in [0.717, 1.165) is 13.0 Å². The summed E-state index contributed by atoms with van der Waals surface area (Å²) < 4.78 is 6.05. The maximum atomic E-state index is 11.2. The largest absolute Gasteiger partial charge is 0.478 e. The average molecular weight is 330 g/mol. The fraction of sp³-hybridized carbons (Fsp3) is 0.500. The lowest BCUT2D eigenvalue weighted by Gasteiger charge is -2.11. The van der Waals surface area contributed by atoms with Gasteiger partial charge in [-0.2, -0.15) is 0 Å². The molecule has 0 radical (unpaired) electrons. The lowest BCUT2D eigenvalue weighted by atomic mass is 10.1. The molecule has 0 fully saturated rings. The number of carbonyl (C=O) groups is 1. The van der Waals surface area contributed by atoms with Crippen LogP contribution < -0.4 is 5.32 Å². The monoisotopic (exact) mass is 329 g/mol. The van der Waals surface area contributed by atoms with Gasteiger partial charge in [0.2, 0.25) is 0 Å². The standard InChI is InChI=1S/C14H20BrNO3/c1-10(2)6-8-19-9-7-16-12-5-3-4-11(15)13(12)14(17)18/h3-5,10,16H,6-9H2,1-2H3,(H,17,18). The molecule has 1 aromatic carbocycles. The van der Waals surface area contributed by atoms with E-state index in [9.17, 15) is 4.79 Å². The van der Waals surface area contributed by atoms with Gasteiger partial charge in [0.15, 0.2) is 0 Å². The number of carboxylic acids is 1. The Balaban J connectivity index is 2.41. The van der Waals surface area contributed by atoms with Gasteiger partial charge in [-0.1, -0.05) is 19.9 Å². The van der Waals surface area contributed by atoms with Gasteiger partial charge in [0.25, 0.3) is 0 Å². The van der Waals surface area contributed by atoms with E-state index in [1.807, 2.05) is 0 Å².